The lowest BCUT2D eigenvalue weighted by molar-refractivity contribution is -0.305. The summed E-state index contributed by atoms with van der Waals surface area (Å²) in [5.74, 6) is -0.334. The predicted molar refractivity (Wildman–Crippen MR) is 256 cm³/mol. The van der Waals surface area contributed by atoms with Gasteiger partial charge in [-0.1, -0.05) is 169 Å². The molecule has 9 heteroatoms. The molecule has 6 atom stereocenters. The molecule has 6 unspecified atom stereocenters. The zero-order valence-electron chi connectivity index (χ0n) is 38.8. The van der Waals surface area contributed by atoms with E-state index in [-0.39, 0.29) is 19.2 Å². The van der Waals surface area contributed by atoms with E-state index in [1.807, 2.05) is 0 Å². The first kappa shape index (κ1) is 57.1. The highest BCUT2D eigenvalue weighted by Gasteiger charge is 2.44. The number of carbonyl (C=O) groups is 1. The number of aliphatic hydroxyl groups is 4. The first-order chi connectivity index (χ1) is 30.4. The van der Waals surface area contributed by atoms with Gasteiger partial charge in [0.15, 0.2) is 6.29 Å². The molecule has 0 spiro atoms. The zero-order chi connectivity index (χ0) is 45.0. The second kappa shape index (κ2) is 43.4. The Hall–Kier alpha value is -2.89. The number of hydrogen-bond donors (Lipinski definition) is 4. The van der Waals surface area contributed by atoms with Gasteiger partial charge in [0.25, 0.3) is 0 Å². The molecule has 62 heavy (non-hydrogen) atoms. The second-order valence-corrected chi connectivity index (χ2v) is 16.1. The summed E-state index contributed by atoms with van der Waals surface area (Å²) in [6, 6.07) is 0. The van der Waals surface area contributed by atoms with Crippen molar-refractivity contribution in [1.82, 2.24) is 0 Å². The average molecular weight is 869 g/mol. The lowest BCUT2D eigenvalue weighted by Crippen LogP contribution is -2.59. The summed E-state index contributed by atoms with van der Waals surface area (Å²) in [6.45, 7) is 4.24. The Kier molecular flexibility index (Phi) is 40.0. The van der Waals surface area contributed by atoms with Gasteiger partial charge in [-0.05, 0) is 89.9 Å². The van der Waals surface area contributed by atoms with E-state index < -0.39 is 43.4 Å². The van der Waals surface area contributed by atoms with Gasteiger partial charge in [-0.25, -0.2) is 0 Å². The number of rotatable bonds is 40. The highest BCUT2D eigenvalue weighted by atomic mass is 16.7. The van der Waals surface area contributed by atoms with Gasteiger partial charge in [-0.2, -0.15) is 0 Å². The molecular formula is C53H88O9. The largest absolute Gasteiger partial charge is 0.457 e. The molecule has 0 aromatic carbocycles. The van der Waals surface area contributed by atoms with Crippen molar-refractivity contribution in [3.05, 3.63) is 97.2 Å². The van der Waals surface area contributed by atoms with E-state index in [9.17, 15) is 25.2 Å². The van der Waals surface area contributed by atoms with E-state index in [0.717, 1.165) is 103 Å². The van der Waals surface area contributed by atoms with Crippen molar-refractivity contribution in [2.45, 2.75) is 205 Å². The molecule has 1 heterocycles. The van der Waals surface area contributed by atoms with Crippen LogP contribution in [0.25, 0.3) is 0 Å². The van der Waals surface area contributed by atoms with Crippen LogP contribution in [0.4, 0.5) is 0 Å². The Morgan fingerprint density at radius 3 is 1.40 bits per heavy atom. The van der Waals surface area contributed by atoms with Crippen LogP contribution in [0.3, 0.4) is 0 Å². The van der Waals surface area contributed by atoms with Crippen LogP contribution < -0.4 is 0 Å². The summed E-state index contributed by atoms with van der Waals surface area (Å²) >= 11 is 0. The quantitative estimate of drug-likeness (QED) is 0.0270. The molecule has 0 radical (unpaired) electrons. The number of esters is 1. The van der Waals surface area contributed by atoms with Crippen LogP contribution in [0.1, 0.15) is 168 Å². The predicted octanol–water partition coefficient (Wildman–Crippen LogP) is 11.6. The number of hydrogen-bond acceptors (Lipinski definition) is 9. The van der Waals surface area contributed by atoms with Crippen molar-refractivity contribution in [3.8, 4) is 0 Å². The lowest BCUT2D eigenvalue weighted by Gasteiger charge is -2.39. The summed E-state index contributed by atoms with van der Waals surface area (Å²) in [5.41, 5.74) is 0. The molecule has 4 N–H and O–H groups in total. The van der Waals surface area contributed by atoms with Crippen LogP contribution >= 0.6 is 0 Å². The molecule has 0 aliphatic carbocycles. The number of carbonyl (C=O) groups excluding carboxylic acids is 1. The fourth-order valence-electron chi connectivity index (χ4n) is 6.77. The topological polar surface area (TPSA) is 135 Å². The third kappa shape index (κ3) is 33.6. The van der Waals surface area contributed by atoms with Gasteiger partial charge < -0.3 is 39.4 Å². The highest BCUT2D eigenvalue weighted by Crippen LogP contribution is 2.22. The number of ether oxygens (including phenoxy) is 4. The Balaban J connectivity index is 2.25. The van der Waals surface area contributed by atoms with Gasteiger partial charge >= 0.3 is 5.97 Å². The van der Waals surface area contributed by atoms with Gasteiger partial charge in [0.2, 0.25) is 0 Å². The average Bonchev–Trinajstić information content (AvgIpc) is 3.27. The van der Waals surface area contributed by atoms with Gasteiger partial charge in [0, 0.05) is 13.0 Å². The summed E-state index contributed by atoms with van der Waals surface area (Å²) in [6.07, 6.45) is 52.9. The van der Waals surface area contributed by atoms with E-state index in [0.29, 0.717) is 13.0 Å². The standard InChI is InChI=1S/C53H88O9/c1-3-5-7-9-11-13-15-17-19-21-22-23-24-25-26-27-28-30-32-34-36-38-40-42-49(55)61-47(46-60-53-52(58)51(57)50(56)48(44-54)62-53)45-59-43-41-39-37-35-33-31-29-20-18-16-14-12-10-8-6-4-2/h5-8,11-14,17-20,22-23,31,33,47-48,50-54,56-58H,3-4,9-10,15-16,21,24-30,32,34-46H2,1-2H3/b7-5-,8-6-,13-11-,14-12-,19-17-,20-18-,23-22-,33-31-. The molecule has 1 saturated heterocycles. The van der Waals surface area contributed by atoms with Crippen LogP contribution in [0.15, 0.2) is 97.2 Å². The van der Waals surface area contributed by atoms with Crippen LogP contribution in [0, 0.1) is 0 Å². The molecule has 0 amide bonds. The van der Waals surface area contributed by atoms with Crippen molar-refractivity contribution in [3.63, 3.8) is 0 Å². The maximum Gasteiger partial charge on any atom is 0.306 e. The third-order valence-corrected chi connectivity index (χ3v) is 10.5. The Bertz CT molecular complexity index is 1260. The van der Waals surface area contributed by atoms with E-state index in [4.69, 9.17) is 18.9 Å². The molecule has 0 saturated carbocycles. The number of unbranched alkanes of at least 4 members (excludes halogenated alkanes) is 13. The van der Waals surface area contributed by atoms with Gasteiger partial charge in [0.1, 0.15) is 30.5 Å². The Morgan fingerprint density at radius 1 is 0.516 bits per heavy atom. The second-order valence-electron chi connectivity index (χ2n) is 16.1. The molecule has 1 aliphatic heterocycles. The molecule has 0 bridgehead atoms. The number of aliphatic hydroxyl groups excluding tert-OH is 4. The van der Waals surface area contributed by atoms with E-state index in [2.05, 4.69) is 111 Å². The van der Waals surface area contributed by atoms with Gasteiger partial charge in [-0.3, -0.25) is 4.79 Å². The minimum Gasteiger partial charge on any atom is -0.457 e. The first-order valence-corrected chi connectivity index (χ1v) is 24.3. The Labute approximate surface area is 377 Å². The molecule has 1 rings (SSSR count). The summed E-state index contributed by atoms with van der Waals surface area (Å²) in [4.78, 5) is 12.8. The summed E-state index contributed by atoms with van der Waals surface area (Å²) in [7, 11) is 0. The van der Waals surface area contributed by atoms with Gasteiger partial charge in [0.05, 0.1) is 19.8 Å². The van der Waals surface area contributed by atoms with Crippen molar-refractivity contribution in [2.24, 2.45) is 0 Å². The number of allylic oxidation sites excluding steroid dienone is 16. The van der Waals surface area contributed by atoms with Crippen molar-refractivity contribution in [2.75, 3.05) is 26.4 Å². The fourth-order valence-corrected chi connectivity index (χ4v) is 6.77. The lowest BCUT2D eigenvalue weighted by atomic mass is 9.99. The van der Waals surface area contributed by atoms with Crippen LogP contribution in [0.5, 0.6) is 0 Å². The highest BCUT2D eigenvalue weighted by molar-refractivity contribution is 5.69. The maximum absolute atomic E-state index is 12.8. The maximum atomic E-state index is 12.8. The first-order valence-electron chi connectivity index (χ1n) is 24.3. The molecule has 0 aromatic heterocycles. The molecular weight excluding hydrogens is 781 g/mol. The molecule has 1 aliphatic rings. The normalized spacial score (nSPS) is 20.6. The van der Waals surface area contributed by atoms with Crippen molar-refractivity contribution in [1.29, 1.82) is 0 Å². The molecule has 0 aromatic rings. The van der Waals surface area contributed by atoms with E-state index in [1.54, 1.807) is 0 Å². The molecule has 9 nitrogen and oxygen atoms in total. The minimum absolute atomic E-state index is 0.116. The van der Waals surface area contributed by atoms with Crippen LogP contribution in [-0.2, 0) is 23.7 Å². The monoisotopic (exact) mass is 869 g/mol. The van der Waals surface area contributed by atoms with E-state index >= 15 is 0 Å². The SMILES string of the molecule is CC/C=C\C/C=C\C/C=C\C/C=C\CCCCCCCCCCCCC(=O)OC(COCCCCC/C=C\C/C=C\C/C=C\C/C=C\CC)COC1OC(CO)C(O)C(O)C1O. The smallest absolute Gasteiger partial charge is 0.306 e. The van der Waals surface area contributed by atoms with Crippen LogP contribution in [-0.4, -0.2) is 89.6 Å². The van der Waals surface area contributed by atoms with Crippen molar-refractivity contribution >= 4 is 5.97 Å². The minimum atomic E-state index is -1.55. The fraction of sp³-hybridized carbons (Fsp3) is 0.679. The third-order valence-electron chi connectivity index (χ3n) is 10.5. The van der Waals surface area contributed by atoms with E-state index in [1.165, 1.54) is 44.9 Å². The summed E-state index contributed by atoms with van der Waals surface area (Å²) in [5, 5.41) is 40.2. The zero-order valence-corrected chi connectivity index (χ0v) is 38.8. The summed E-state index contributed by atoms with van der Waals surface area (Å²) < 4.78 is 22.8. The molecule has 1 fully saturated rings. The Morgan fingerprint density at radius 2 is 0.935 bits per heavy atom. The van der Waals surface area contributed by atoms with Crippen molar-refractivity contribution < 1.29 is 44.2 Å². The van der Waals surface area contributed by atoms with Crippen LogP contribution in [0.2, 0.25) is 0 Å². The molecule has 354 valence electrons. The van der Waals surface area contributed by atoms with Gasteiger partial charge in [-0.15, -0.1) is 0 Å².